The maximum absolute atomic E-state index is 13.0. The second-order valence-electron chi connectivity index (χ2n) is 4.22. The molecule has 2 rings (SSSR count). The van der Waals surface area contributed by atoms with Gasteiger partial charge in [-0.1, -0.05) is 0 Å². The van der Waals surface area contributed by atoms with Crippen molar-refractivity contribution in [3.8, 4) is 0 Å². The third kappa shape index (κ3) is 3.19. The summed E-state index contributed by atoms with van der Waals surface area (Å²) in [7, 11) is 0. The van der Waals surface area contributed by atoms with Gasteiger partial charge in [-0.15, -0.1) is 0 Å². The van der Waals surface area contributed by atoms with Crippen LogP contribution in [0.4, 0.5) is 10.1 Å². The quantitative estimate of drug-likeness (QED) is 0.893. The fourth-order valence-electron chi connectivity index (χ4n) is 1.99. The summed E-state index contributed by atoms with van der Waals surface area (Å²) in [6.07, 6.45) is 2.48. The number of benzene rings is 1. The van der Waals surface area contributed by atoms with Gasteiger partial charge in [0, 0.05) is 11.0 Å². The molecule has 1 aliphatic heterocycles. The topological polar surface area (TPSA) is 24.1 Å². The molecule has 2 N–H and O–H groups in total. The van der Waals surface area contributed by atoms with E-state index in [2.05, 4.69) is 26.6 Å². The van der Waals surface area contributed by atoms with E-state index in [4.69, 9.17) is 0 Å². The van der Waals surface area contributed by atoms with Gasteiger partial charge in [-0.25, -0.2) is 4.39 Å². The Kier molecular flexibility index (Phi) is 4.18. The maximum Gasteiger partial charge on any atom is 0.125 e. The molecule has 0 saturated carbocycles. The van der Waals surface area contributed by atoms with Crippen LogP contribution in [0.25, 0.3) is 0 Å². The third-order valence-corrected chi connectivity index (χ3v) is 3.60. The van der Waals surface area contributed by atoms with Gasteiger partial charge in [-0.05, 0) is 66.0 Å². The van der Waals surface area contributed by atoms with Crippen LogP contribution in [0.5, 0.6) is 0 Å². The van der Waals surface area contributed by atoms with Crippen LogP contribution in [0.3, 0.4) is 0 Å². The molecule has 2 nitrogen and oxygen atoms in total. The van der Waals surface area contributed by atoms with Gasteiger partial charge in [0.2, 0.25) is 0 Å². The fraction of sp³-hybridized carbons (Fsp3) is 0.500. The van der Waals surface area contributed by atoms with Crippen molar-refractivity contribution in [2.45, 2.75) is 12.8 Å². The summed E-state index contributed by atoms with van der Waals surface area (Å²) >= 11 is 3.41. The van der Waals surface area contributed by atoms with E-state index in [1.165, 1.54) is 25.0 Å². The summed E-state index contributed by atoms with van der Waals surface area (Å²) in [4.78, 5) is 0. The van der Waals surface area contributed by atoms with Gasteiger partial charge in [0.1, 0.15) is 5.82 Å². The van der Waals surface area contributed by atoms with Crippen LogP contribution >= 0.6 is 15.9 Å². The average molecular weight is 287 g/mol. The van der Waals surface area contributed by atoms with Gasteiger partial charge in [-0.2, -0.15) is 0 Å². The van der Waals surface area contributed by atoms with Crippen molar-refractivity contribution in [1.29, 1.82) is 0 Å². The summed E-state index contributed by atoms with van der Waals surface area (Å²) in [5.74, 6) is 0.441. The van der Waals surface area contributed by atoms with Gasteiger partial charge in [0.05, 0.1) is 5.69 Å². The largest absolute Gasteiger partial charge is 0.384 e. The van der Waals surface area contributed by atoms with E-state index in [1.54, 1.807) is 6.07 Å². The van der Waals surface area contributed by atoms with Crippen molar-refractivity contribution in [3.63, 3.8) is 0 Å². The molecule has 0 radical (unpaired) electrons. The van der Waals surface area contributed by atoms with E-state index < -0.39 is 0 Å². The summed E-state index contributed by atoms with van der Waals surface area (Å²) in [6.45, 7) is 3.08. The zero-order chi connectivity index (χ0) is 11.4. The van der Waals surface area contributed by atoms with Crippen LogP contribution in [-0.2, 0) is 0 Å². The van der Waals surface area contributed by atoms with Gasteiger partial charge >= 0.3 is 0 Å². The number of hydrogen-bond acceptors (Lipinski definition) is 2. The molecule has 1 aromatic carbocycles. The van der Waals surface area contributed by atoms with Crippen LogP contribution in [0.1, 0.15) is 12.8 Å². The molecule has 1 aromatic rings. The molecule has 0 aliphatic carbocycles. The molecule has 1 heterocycles. The smallest absolute Gasteiger partial charge is 0.125 e. The Labute approximate surface area is 104 Å². The lowest BCUT2D eigenvalue weighted by molar-refractivity contribution is 0.393. The summed E-state index contributed by atoms with van der Waals surface area (Å²) in [6, 6.07) is 4.72. The highest BCUT2D eigenvalue weighted by atomic mass is 79.9. The van der Waals surface area contributed by atoms with E-state index in [9.17, 15) is 4.39 Å². The molecule has 1 unspecified atom stereocenters. The van der Waals surface area contributed by atoms with Crippen LogP contribution in [-0.4, -0.2) is 19.6 Å². The average Bonchev–Trinajstić information content (AvgIpc) is 2.32. The minimum absolute atomic E-state index is 0.201. The Balaban J connectivity index is 1.90. The minimum atomic E-state index is -0.201. The predicted octanol–water partition coefficient (Wildman–Crippen LogP) is 3.00. The zero-order valence-electron chi connectivity index (χ0n) is 9.10. The van der Waals surface area contributed by atoms with Crippen molar-refractivity contribution in [3.05, 3.63) is 28.5 Å². The molecular weight excluding hydrogens is 271 g/mol. The SMILES string of the molecule is Fc1ccc(Br)c(NCC2CCCNC2)c1. The Bertz CT molecular complexity index is 351. The normalized spacial score (nSPS) is 20.8. The lowest BCUT2D eigenvalue weighted by Crippen LogP contribution is -2.33. The van der Waals surface area contributed by atoms with Gasteiger partial charge in [0.25, 0.3) is 0 Å². The molecule has 0 bridgehead atoms. The summed E-state index contributed by atoms with van der Waals surface area (Å²) < 4.78 is 14.0. The molecule has 0 amide bonds. The molecule has 0 aromatic heterocycles. The lowest BCUT2D eigenvalue weighted by Gasteiger charge is -2.23. The number of hydrogen-bond donors (Lipinski definition) is 2. The van der Waals surface area contributed by atoms with Crippen molar-refractivity contribution in [2.75, 3.05) is 25.0 Å². The fourth-order valence-corrected chi connectivity index (χ4v) is 2.37. The first-order valence-electron chi connectivity index (χ1n) is 5.65. The highest BCUT2D eigenvalue weighted by Gasteiger charge is 2.12. The monoisotopic (exact) mass is 286 g/mol. The Morgan fingerprint density at radius 2 is 2.38 bits per heavy atom. The van der Waals surface area contributed by atoms with Gasteiger partial charge in [0.15, 0.2) is 0 Å². The predicted molar refractivity (Wildman–Crippen MR) is 68.2 cm³/mol. The zero-order valence-corrected chi connectivity index (χ0v) is 10.7. The standard InChI is InChI=1S/C12H16BrFN2/c13-11-4-3-10(14)6-12(11)16-8-9-2-1-5-15-7-9/h3-4,6,9,15-16H,1-2,5,7-8H2. The molecule has 88 valence electrons. The maximum atomic E-state index is 13.0. The molecule has 0 spiro atoms. The van der Waals surface area contributed by atoms with E-state index >= 15 is 0 Å². The first-order chi connectivity index (χ1) is 7.75. The van der Waals surface area contributed by atoms with Crippen LogP contribution in [0.15, 0.2) is 22.7 Å². The highest BCUT2D eigenvalue weighted by Crippen LogP contribution is 2.23. The van der Waals surface area contributed by atoms with Gasteiger partial charge < -0.3 is 10.6 Å². The second kappa shape index (κ2) is 5.64. The lowest BCUT2D eigenvalue weighted by atomic mass is 10.00. The Morgan fingerprint density at radius 1 is 1.50 bits per heavy atom. The number of halogens is 2. The first-order valence-corrected chi connectivity index (χ1v) is 6.44. The van der Waals surface area contributed by atoms with E-state index in [1.807, 2.05) is 0 Å². The van der Waals surface area contributed by atoms with Crippen molar-refractivity contribution < 1.29 is 4.39 Å². The summed E-state index contributed by atoms with van der Waals surface area (Å²) in [5, 5.41) is 6.67. The number of anilines is 1. The second-order valence-corrected chi connectivity index (χ2v) is 5.07. The molecular formula is C12H16BrFN2. The van der Waals surface area contributed by atoms with E-state index in [0.717, 1.165) is 29.8 Å². The van der Waals surface area contributed by atoms with Crippen LogP contribution < -0.4 is 10.6 Å². The van der Waals surface area contributed by atoms with Crippen molar-refractivity contribution in [2.24, 2.45) is 5.92 Å². The minimum Gasteiger partial charge on any atom is -0.384 e. The Morgan fingerprint density at radius 3 is 3.12 bits per heavy atom. The number of rotatable bonds is 3. The molecule has 1 atom stereocenters. The number of piperidine rings is 1. The highest BCUT2D eigenvalue weighted by molar-refractivity contribution is 9.10. The van der Waals surface area contributed by atoms with E-state index in [0.29, 0.717) is 5.92 Å². The number of nitrogens with one attached hydrogen (secondary N) is 2. The van der Waals surface area contributed by atoms with Crippen LogP contribution in [0.2, 0.25) is 0 Å². The molecule has 1 fully saturated rings. The van der Waals surface area contributed by atoms with Crippen LogP contribution in [0, 0.1) is 11.7 Å². The van der Waals surface area contributed by atoms with Crippen molar-refractivity contribution >= 4 is 21.6 Å². The summed E-state index contributed by atoms with van der Waals surface area (Å²) in [5.41, 5.74) is 0.838. The molecule has 16 heavy (non-hydrogen) atoms. The first kappa shape index (κ1) is 11.9. The van der Waals surface area contributed by atoms with Crippen molar-refractivity contribution in [1.82, 2.24) is 5.32 Å². The molecule has 1 aliphatic rings. The van der Waals surface area contributed by atoms with Gasteiger partial charge in [-0.3, -0.25) is 0 Å². The molecule has 4 heteroatoms. The third-order valence-electron chi connectivity index (χ3n) is 2.91. The Hall–Kier alpha value is -0.610. The van der Waals surface area contributed by atoms with E-state index in [-0.39, 0.29) is 5.82 Å². The molecule has 1 saturated heterocycles.